The normalized spacial score (nSPS) is 23.6. The summed E-state index contributed by atoms with van der Waals surface area (Å²) in [5, 5.41) is 0. The summed E-state index contributed by atoms with van der Waals surface area (Å²) >= 11 is 0. The average Bonchev–Trinajstić information content (AvgIpc) is 2.98. The van der Waals surface area contributed by atoms with Crippen LogP contribution in [0.1, 0.15) is 17.8 Å². The molecule has 126 valence electrons. The first-order valence-corrected chi connectivity index (χ1v) is 8.59. The van der Waals surface area contributed by atoms with Crippen LogP contribution in [0, 0.1) is 12.8 Å². The summed E-state index contributed by atoms with van der Waals surface area (Å²) < 4.78 is 1.92. The Morgan fingerprint density at radius 1 is 1.33 bits per heavy atom. The molecule has 4 heterocycles. The Morgan fingerprint density at radius 3 is 3.00 bits per heavy atom. The number of likely N-dealkylation sites (tertiary alicyclic amines) is 2. The number of amides is 1. The molecule has 2 aromatic rings. The SMILES string of the molecule is Cc1nccn1CC(=O)N1CC[C@@H]2CN(Cc3cccnc3)[C@@H]2C1. The summed E-state index contributed by atoms with van der Waals surface area (Å²) in [4.78, 5) is 25.5. The van der Waals surface area contributed by atoms with E-state index in [0.717, 1.165) is 44.3 Å². The molecule has 0 radical (unpaired) electrons. The monoisotopic (exact) mass is 325 g/mol. The minimum absolute atomic E-state index is 0.197. The predicted molar refractivity (Wildman–Crippen MR) is 90.1 cm³/mol. The maximum Gasteiger partial charge on any atom is 0.242 e. The lowest BCUT2D eigenvalue weighted by molar-refractivity contribution is -0.139. The second kappa shape index (κ2) is 6.36. The highest BCUT2D eigenvalue weighted by Crippen LogP contribution is 2.33. The van der Waals surface area contributed by atoms with Crippen molar-refractivity contribution in [3.05, 3.63) is 48.3 Å². The van der Waals surface area contributed by atoms with Gasteiger partial charge < -0.3 is 9.47 Å². The second-order valence-electron chi connectivity index (χ2n) is 6.85. The van der Waals surface area contributed by atoms with Crippen molar-refractivity contribution in [2.45, 2.75) is 32.5 Å². The quantitative estimate of drug-likeness (QED) is 0.851. The highest BCUT2D eigenvalue weighted by molar-refractivity contribution is 5.76. The molecule has 1 amide bonds. The lowest BCUT2D eigenvalue weighted by Crippen LogP contribution is -2.64. The fourth-order valence-corrected chi connectivity index (χ4v) is 3.86. The number of hydrogen-bond donors (Lipinski definition) is 0. The van der Waals surface area contributed by atoms with Gasteiger partial charge in [-0.25, -0.2) is 4.98 Å². The van der Waals surface area contributed by atoms with Crippen molar-refractivity contribution in [1.82, 2.24) is 24.3 Å². The van der Waals surface area contributed by atoms with E-state index in [2.05, 4.69) is 20.9 Å². The van der Waals surface area contributed by atoms with Gasteiger partial charge in [-0.2, -0.15) is 0 Å². The summed E-state index contributed by atoms with van der Waals surface area (Å²) in [6.45, 7) is 6.12. The van der Waals surface area contributed by atoms with E-state index >= 15 is 0 Å². The molecule has 2 atom stereocenters. The van der Waals surface area contributed by atoms with Crippen LogP contribution in [0.3, 0.4) is 0 Å². The zero-order valence-electron chi connectivity index (χ0n) is 14.0. The van der Waals surface area contributed by atoms with Crippen LogP contribution in [0.15, 0.2) is 36.9 Å². The number of carbonyl (C=O) groups is 1. The Morgan fingerprint density at radius 2 is 2.25 bits per heavy atom. The molecule has 4 rings (SSSR count). The van der Waals surface area contributed by atoms with E-state index in [9.17, 15) is 4.79 Å². The van der Waals surface area contributed by atoms with Gasteiger partial charge in [-0.1, -0.05) is 6.07 Å². The molecule has 0 aromatic carbocycles. The highest BCUT2D eigenvalue weighted by atomic mass is 16.2. The molecule has 0 N–H and O–H groups in total. The summed E-state index contributed by atoms with van der Waals surface area (Å²) in [5.41, 5.74) is 1.24. The van der Waals surface area contributed by atoms with E-state index in [0.29, 0.717) is 12.6 Å². The molecule has 6 heteroatoms. The Balaban J connectivity index is 1.36. The van der Waals surface area contributed by atoms with Crippen LogP contribution < -0.4 is 0 Å². The second-order valence-corrected chi connectivity index (χ2v) is 6.85. The van der Waals surface area contributed by atoms with Crippen molar-refractivity contribution in [2.75, 3.05) is 19.6 Å². The molecule has 0 unspecified atom stereocenters. The van der Waals surface area contributed by atoms with Crippen molar-refractivity contribution in [2.24, 2.45) is 5.92 Å². The molecule has 2 saturated heterocycles. The van der Waals surface area contributed by atoms with E-state index in [-0.39, 0.29) is 5.91 Å². The average molecular weight is 325 g/mol. The number of imidazole rings is 1. The third-order valence-electron chi connectivity index (χ3n) is 5.35. The number of aromatic nitrogens is 3. The van der Waals surface area contributed by atoms with E-state index < -0.39 is 0 Å². The zero-order valence-corrected chi connectivity index (χ0v) is 14.0. The predicted octanol–water partition coefficient (Wildman–Crippen LogP) is 1.32. The molecule has 2 fully saturated rings. The van der Waals surface area contributed by atoms with Crippen molar-refractivity contribution < 1.29 is 4.79 Å². The molecule has 0 aliphatic carbocycles. The van der Waals surface area contributed by atoms with Crippen LogP contribution in [0.5, 0.6) is 0 Å². The van der Waals surface area contributed by atoms with Crippen LogP contribution >= 0.6 is 0 Å². The molecular formula is C18H23N5O. The standard InChI is InChI=1S/C18H23N5O/c1-14-20-6-8-21(14)13-18(24)22-7-4-16-11-23(17(16)12-22)10-15-3-2-5-19-9-15/h2-3,5-6,8-9,16-17H,4,7,10-13H2,1H3/t16-,17-/m1/s1. The summed E-state index contributed by atoms with van der Waals surface area (Å²) in [6, 6.07) is 4.59. The first-order chi connectivity index (χ1) is 11.7. The van der Waals surface area contributed by atoms with Crippen LogP contribution in [-0.4, -0.2) is 55.9 Å². The van der Waals surface area contributed by atoms with Gasteiger partial charge in [-0.15, -0.1) is 0 Å². The number of hydrogen-bond acceptors (Lipinski definition) is 4. The Kier molecular flexibility index (Phi) is 4.06. The fraction of sp³-hybridized carbons (Fsp3) is 0.500. The van der Waals surface area contributed by atoms with E-state index in [1.54, 1.807) is 6.20 Å². The van der Waals surface area contributed by atoms with Gasteiger partial charge >= 0.3 is 0 Å². The van der Waals surface area contributed by atoms with Crippen molar-refractivity contribution >= 4 is 5.91 Å². The van der Waals surface area contributed by atoms with Crippen LogP contribution in [0.2, 0.25) is 0 Å². The molecule has 2 aromatic heterocycles. The topological polar surface area (TPSA) is 54.3 Å². The van der Waals surface area contributed by atoms with Gasteiger partial charge in [0.2, 0.25) is 5.91 Å². The maximum absolute atomic E-state index is 12.6. The summed E-state index contributed by atoms with van der Waals surface area (Å²) in [5.74, 6) is 1.82. The van der Waals surface area contributed by atoms with Crippen LogP contribution in [0.25, 0.3) is 0 Å². The largest absolute Gasteiger partial charge is 0.340 e. The van der Waals surface area contributed by atoms with Crippen molar-refractivity contribution in [3.63, 3.8) is 0 Å². The maximum atomic E-state index is 12.6. The number of rotatable bonds is 4. The molecule has 2 aliphatic heterocycles. The Bertz CT molecular complexity index is 713. The van der Waals surface area contributed by atoms with E-state index in [1.807, 2.05) is 41.0 Å². The Hall–Kier alpha value is -2.21. The molecular weight excluding hydrogens is 302 g/mol. The molecule has 24 heavy (non-hydrogen) atoms. The number of piperidine rings is 1. The fourth-order valence-electron chi connectivity index (χ4n) is 3.86. The number of pyridine rings is 1. The lowest BCUT2D eigenvalue weighted by Gasteiger charge is -2.53. The van der Waals surface area contributed by atoms with Gasteiger partial charge in [0.05, 0.1) is 0 Å². The van der Waals surface area contributed by atoms with E-state index in [1.165, 1.54) is 5.56 Å². The number of carbonyl (C=O) groups excluding carboxylic acids is 1. The van der Waals surface area contributed by atoms with Crippen molar-refractivity contribution in [1.29, 1.82) is 0 Å². The number of nitrogens with zero attached hydrogens (tertiary/aromatic N) is 5. The highest BCUT2D eigenvalue weighted by Gasteiger charge is 2.43. The first-order valence-electron chi connectivity index (χ1n) is 8.59. The van der Waals surface area contributed by atoms with Gasteiger partial charge in [-0.05, 0) is 30.9 Å². The molecule has 2 aliphatic rings. The smallest absolute Gasteiger partial charge is 0.242 e. The minimum Gasteiger partial charge on any atom is -0.340 e. The third kappa shape index (κ3) is 2.94. The van der Waals surface area contributed by atoms with Gasteiger partial charge in [0.25, 0.3) is 0 Å². The van der Waals surface area contributed by atoms with Crippen molar-refractivity contribution in [3.8, 4) is 0 Å². The molecule has 0 bridgehead atoms. The van der Waals surface area contributed by atoms with Gasteiger partial charge in [0.1, 0.15) is 12.4 Å². The number of aryl methyl sites for hydroxylation is 1. The molecule has 6 nitrogen and oxygen atoms in total. The van der Waals surface area contributed by atoms with Crippen LogP contribution in [0.4, 0.5) is 0 Å². The summed E-state index contributed by atoms with van der Waals surface area (Å²) in [7, 11) is 0. The van der Waals surface area contributed by atoms with Gasteiger partial charge in [0.15, 0.2) is 0 Å². The lowest BCUT2D eigenvalue weighted by atomic mass is 9.82. The molecule has 0 saturated carbocycles. The minimum atomic E-state index is 0.197. The number of fused-ring (bicyclic) bond motifs is 1. The molecule has 0 spiro atoms. The van der Waals surface area contributed by atoms with Gasteiger partial charge in [-0.3, -0.25) is 14.7 Å². The zero-order chi connectivity index (χ0) is 16.5. The first kappa shape index (κ1) is 15.3. The van der Waals surface area contributed by atoms with E-state index in [4.69, 9.17) is 0 Å². The summed E-state index contributed by atoms with van der Waals surface area (Å²) in [6.07, 6.45) is 8.47. The van der Waals surface area contributed by atoms with Gasteiger partial charge in [0, 0.05) is 57.0 Å². The third-order valence-corrected chi connectivity index (χ3v) is 5.35. The Labute approximate surface area is 142 Å². The van der Waals surface area contributed by atoms with Crippen LogP contribution in [-0.2, 0) is 17.9 Å².